The highest BCUT2D eigenvalue weighted by Crippen LogP contribution is 2.31. The summed E-state index contributed by atoms with van der Waals surface area (Å²) in [4.78, 5) is 25.8. The second-order valence-electron chi connectivity index (χ2n) is 6.55. The SMILES string of the molecule is CCN(C(=O)C(C(=O)O)C(C)(C)C)C1CCCCC1. The first-order chi connectivity index (χ1) is 8.79. The molecule has 0 aromatic heterocycles. The average molecular weight is 269 g/mol. The summed E-state index contributed by atoms with van der Waals surface area (Å²) in [6.45, 7) is 7.99. The monoisotopic (exact) mass is 269 g/mol. The van der Waals surface area contributed by atoms with Crippen LogP contribution in [0.3, 0.4) is 0 Å². The summed E-state index contributed by atoms with van der Waals surface area (Å²) in [5, 5.41) is 9.37. The van der Waals surface area contributed by atoms with Gasteiger partial charge in [0.15, 0.2) is 0 Å². The highest BCUT2D eigenvalue weighted by atomic mass is 16.4. The number of rotatable bonds is 4. The van der Waals surface area contributed by atoms with Gasteiger partial charge in [0.1, 0.15) is 5.92 Å². The maximum atomic E-state index is 12.6. The maximum absolute atomic E-state index is 12.6. The molecule has 1 aliphatic carbocycles. The Kier molecular flexibility index (Phi) is 5.39. The van der Waals surface area contributed by atoms with Crippen molar-refractivity contribution in [1.29, 1.82) is 0 Å². The van der Waals surface area contributed by atoms with Crippen molar-refractivity contribution in [3.8, 4) is 0 Å². The van der Waals surface area contributed by atoms with E-state index < -0.39 is 17.3 Å². The Morgan fingerprint density at radius 3 is 2.11 bits per heavy atom. The molecule has 4 heteroatoms. The van der Waals surface area contributed by atoms with Gasteiger partial charge in [-0.25, -0.2) is 0 Å². The molecule has 0 bridgehead atoms. The summed E-state index contributed by atoms with van der Waals surface area (Å²) in [5.41, 5.74) is -0.551. The van der Waals surface area contributed by atoms with Gasteiger partial charge in [0.25, 0.3) is 0 Å². The molecule has 0 spiro atoms. The van der Waals surface area contributed by atoms with Crippen LogP contribution in [-0.2, 0) is 9.59 Å². The van der Waals surface area contributed by atoms with Crippen LogP contribution in [0.25, 0.3) is 0 Å². The van der Waals surface area contributed by atoms with Crippen LogP contribution in [0, 0.1) is 11.3 Å². The quantitative estimate of drug-likeness (QED) is 0.798. The van der Waals surface area contributed by atoms with Gasteiger partial charge in [0, 0.05) is 12.6 Å². The van der Waals surface area contributed by atoms with Crippen molar-refractivity contribution in [2.75, 3.05) is 6.54 Å². The van der Waals surface area contributed by atoms with Gasteiger partial charge in [-0.2, -0.15) is 0 Å². The molecule has 1 aliphatic rings. The zero-order valence-corrected chi connectivity index (χ0v) is 12.6. The number of carbonyl (C=O) groups excluding carboxylic acids is 1. The average Bonchev–Trinajstić information content (AvgIpc) is 2.28. The molecule has 0 radical (unpaired) electrons. The van der Waals surface area contributed by atoms with E-state index in [-0.39, 0.29) is 11.9 Å². The topological polar surface area (TPSA) is 57.6 Å². The van der Waals surface area contributed by atoms with Crippen molar-refractivity contribution in [1.82, 2.24) is 4.90 Å². The van der Waals surface area contributed by atoms with Crippen LogP contribution in [0.4, 0.5) is 0 Å². The highest BCUT2D eigenvalue weighted by Gasteiger charge is 2.41. The van der Waals surface area contributed by atoms with Gasteiger partial charge in [0.05, 0.1) is 0 Å². The molecule has 1 atom stereocenters. The Morgan fingerprint density at radius 2 is 1.74 bits per heavy atom. The lowest BCUT2D eigenvalue weighted by molar-refractivity contribution is -0.157. The first-order valence-corrected chi connectivity index (χ1v) is 7.32. The van der Waals surface area contributed by atoms with Crippen LogP contribution < -0.4 is 0 Å². The van der Waals surface area contributed by atoms with E-state index >= 15 is 0 Å². The number of carbonyl (C=O) groups is 2. The van der Waals surface area contributed by atoms with Crippen molar-refractivity contribution in [2.45, 2.75) is 65.8 Å². The number of hydrogen-bond donors (Lipinski definition) is 1. The fraction of sp³-hybridized carbons (Fsp3) is 0.867. The molecule has 1 rings (SSSR count). The minimum atomic E-state index is -1.01. The smallest absolute Gasteiger partial charge is 0.316 e. The summed E-state index contributed by atoms with van der Waals surface area (Å²) in [6.07, 6.45) is 5.53. The predicted molar refractivity (Wildman–Crippen MR) is 74.8 cm³/mol. The Hall–Kier alpha value is -1.06. The minimum absolute atomic E-state index is 0.214. The first kappa shape index (κ1) is 16.0. The zero-order chi connectivity index (χ0) is 14.6. The van der Waals surface area contributed by atoms with E-state index in [1.54, 1.807) is 4.90 Å². The summed E-state index contributed by atoms with van der Waals surface area (Å²) in [5.74, 6) is -2.17. The van der Waals surface area contributed by atoms with Crippen molar-refractivity contribution in [3.05, 3.63) is 0 Å². The van der Waals surface area contributed by atoms with E-state index in [0.717, 1.165) is 25.7 Å². The summed E-state index contributed by atoms with van der Waals surface area (Å²) >= 11 is 0. The van der Waals surface area contributed by atoms with Crippen LogP contribution in [-0.4, -0.2) is 34.5 Å². The van der Waals surface area contributed by atoms with E-state index in [1.165, 1.54) is 6.42 Å². The molecule has 0 heterocycles. The molecule has 0 saturated heterocycles. The van der Waals surface area contributed by atoms with E-state index in [1.807, 2.05) is 27.7 Å². The maximum Gasteiger partial charge on any atom is 0.316 e. The molecule has 4 nitrogen and oxygen atoms in total. The van der Waals surface area contributed by atoms with Crippen LogP contribution >= 0.6 is 0 Å². The van der Waals surface area contributed by atoms with Gasteiger partial charge < -0.3 is 10.0 Å². The second-order valence-corrected chi connectivity index (χ2v) is 6.55. The summed E-state index contributed by atoms with van der Waals surface area (Å²) in [7, 11) is 0. The third kappa shape index (κ3) is 3.95. The molecule has 0 aromatic carbocycles. The van der Waals surface area contributed by atoms with Crippen molar-refractivity contribution in [2.24, 2.45) is 11.3 Å². The van der Waals surface area contributed by atoms with Crippen LogP contribution in [0.5, 0.6) is 0 Å². The Morgan fingerprint density at radius 1 is 1.21 bits per heavy atom. The summed E-state index contributed by atoms with van der Waals surface area (Å²) < 4.78 is 0. The van der Waals surface area contributed by atoms with Crippen molar-refractivity contribution in [3.63, 3.8) is 0 Å². The molecular weight excluding hydrogens is 242 g/mol. The van der Waals surface area contributed by atoms with E-state index in [4.69, 9.17) is 0 Å². The van der Waals surface area contributed by atoms with Gasteiger partial charge in [-0.1, -0.05) is 40.0 Å². The number of aliphatic carboxylic acids is 1. The minimum Gasteiger partial charge on any atom is -0.481 e. The van der Waals surface area contributed by atoms with E-state index in [0.29, 0.717) is 6.54 Å². The highest BCUT2D eigenvalue weighted by molar-refractivity contribution is 5.97. The fourth-order valence-corrected chi connectivity index (χ4v) is 3.00. The molecule has 19 heavy (non-hydrogen) atoms. The number of carboxylic acid groups (broad SMARTS) is 1. The molecule has 1 saturated carbocycles. The lowest BCUT2D eigenvalue weighted by Gasteiger charge is -2.37. The third-order valence-corrected chi connectivity index (χ3v) is 4.00. The molecule has 0 aliphatic heterocycles. The van der Waals surface area contributed by atoms with Gasteiger partial charge in [0.2, 0.25) is 5.91 Å². The molecular formula is C15H27NO3. The normalized spacial score (nSPS) is 18.9. The number of hydrogen-bond acceptors (Lipinski definition) is 2. The van der Waals surface area contributed by atoms with Crippen LogP contribution in [0.2, 0.25) is 0 Å². The molecule has 110 valence electrons. The fourth-order valence-electron chi connectivity index (χ4n) is 3.00. The van der Waals surface area contributed by atoms with Gasteiger partial charge in [-0.3, -0.25) is 9.59 Å². The Bertz CT molecular complexity index is 327. The molecule has 1 unspecified atom stereocenters. The number of amides is 1. The lowest BCUT2D eigenvalue weighted by atomic mass is 9.79. The molecule has 1 amide bonds. The summed E-state index contributed by atoms with van der Waals surface area (Å²) in [6, 6.07) is 0.232. The largest absolute Gasteiger partial charge is 0.481 e. The first-order valence-electron chi connectivity index (χ1n) is 7.32. The molecule has 0 aromatic rings. The van der Waals surface area contributed by atoms with E-state index in [9.17, 15) is 14.7 Å². The third-order valence-electron chi connectivity index (χ3n) is 4.00. The van der Waals surface area contributed by atoms with Crippen molar-refractivity contribution >= 4 is 11.9 Å². The van der Waals surface area contributed by atoms with Crippen molar-refractivity contribution < 1.29 is 14.7 Å². The standard InChI is InChI=1S/C15H27NO3/c1-5-16(11-9-7-6-8-10-11)13(17)12(14(18)19)15(2,3)4/h11-12H,5-10H2,1-4H3,(H,18,19). The Labute approximate surface area is 116 Å². The number of nitrogens with zero attached hydrogens (tertiary/aromatic N) is 1. The van der Waals surface area contributed by atoms with Gasteiger partial charge in [-0.05, 0) is 25.2 Å². The number of carboxylic acids is 1. The Balaban J connectivity index is 2.89. The molecule has 1 fully saturated rings. The van der Waals surface area contributed by atoms with E-state index in [2.05, 4.69) is 0 Å². The zero-order valence-electron chi connectivity index (χ0n) is 12.6. The van der Waals surface area contributed by atoms with Crippen LogP contribution in [0.15, 0.2) is 0 Å². The predicted octanol–water partition coefficient (Wildman–Crippen LogP) is 2.91. The lowest BCUT2D eigenvalue weighted by Crippen LogP contribution is -2.49. The van der Waals surface area contributed by atoms with Crippen LogP contribution in [0.1, 0.15) is 59.8 Å². The van der Waals surface area contributed by atoms with Gasteiger partial charge in [-0.15, -0.1) is 0 Å². The second kappa shape index (κ2) is 6.40. The molecule has 1 N–H and O–H groups in total. The van der Waals surface area contributed by atoms with Gasteiger partial charge >= 0.3 is 5.97 Å².